The third kappa shape index (κ3) is 4.58. The van der Waals surface area contributed by atoms with Crippen molar-refractivity contribution in [3.05, 3.63) is 28.3 Å². The molecule has 0 amide bonds. The van der Waals surface area contributed by atoms with Crippen molar-refractivity contribution in [3.8, 4) is 5.75 Å². The lowest BCUT2D eigenvalue weighted by Crippen LogP contribution is -2.42. The highest BCUT2D eigenvalue weighted by Crippen LogP contribution is 2.29. The first-order chi connectivity index (χ1) is 11.2. The molecule has 5 heteroatoms. The van der Waals surface area contributed by atoms with E-state index < -0.39 is 0 Å². The zero-order valence-electron chi connectivity index (χ0n) is 14.0. The molecule has 1 aromatic rings. The Bertz CT molecular complexity index is 550. The Morgan fingerprint density at radius 1 is 1.30 bits per heavy atom. The SMILES string of the molecule is COc1coc(CN2CCO[C@@H](CC3CCCCC3)C2)cc1=O. The van der Waals surface area contributed by atoms with Gasteiger partial charge in [-0.05, 0) is 12.3 Å². The van der Waals surface area contributed by atoms with Crippen LogP contribution in [0.5, 0.6) is 5.75 Å². The predicted octanol–water partition coefficient (Wildman–Crippen LogP) is 2.82. The Morgan fingerprint density at radius 2 is 2.13 bits per heavy atom. The second-order valence-electron chi connectivity index (χ2n) is 6.75. The zero-order valence-corrected chi connectivity index (χ0v) is 14.0. The van der Waals surface area contributed by atoms with E-state index in [1.807, 2.05) is 0 Å². The number of morpholine rings is 1. The second kappa shape index (κ2) is 7.97. The van der Waals surface area contributed by atoms with Gasteiger partial charge in [0.1, 0.15) is 12.0 Å². The Labute approximate surface area is 137 Å². The lowest BCUT2D eigenvalue weighted by atomic mass is 9.85. The Morgan fingerprint density at radius 3 is 2.87 bits per heavy atom. The van der Waals surface area contributed by atoms with Gasteiger partial charge in [-0.1, -0.05) is 32.1 Å². The summed E-state index contributed by atoms with van der Waals surface area (Å²) in [5.74, 6) is 1.77. The normalized spacial score (nSPS) is 23.8. The Balaban J connectivity index is 1.53. The second-order valence-corrected chi connectivity index (χ2v) is 6.75. The van der Waals surface area contributed by atoms with Crippen LogP contribution < -0.4 is 10.2 Å². The summed E-state index contributed by atoms with van der Waals surface area (Å²) in [4.78, 5) is 14.1. The van der Waals surface area contributed by atoms with Crippen LogP contribution >= 0.6 is 0 Å². The van der Waals surface area contributed by atoms with E-state index in [4.69, 9.17) is 13.9 Å². The molecule has 1 saturated heterocycles. The molecular formula is C18H27NO4. The highest BCUT2D eigenvalue weighted by atomic mass is 16.5. The summed E-state index contributed by atoms with van der Waals surface area (Å²) in [5.41, 5.74) is -0.124. The van der Waals surface area contributed by atoms with Crippen LogP contribution in [0.2, 0.25) is 0 Å². The average Bonchev–Trinajstić information content (AvgIpc) is 2.56. The number of nitrogens with zero attached hydrogens (tertiary/aromatic N) is 1. The van der Waals surface area contributed by atoms with Crippen molar-refractivity contribution in [2.45, 2.75) is 51.2 Å². The Hall–Kier alpha value is -1.33. The molecule has 0 radical (unpaired) electrons. The quantitative estimate of drug-likeness (QED) is 0.835. The summed E-state index contributed by atoms with van der Waals surface area (Å²) in [6, 6.07) is 1.53. The van der Waals surface area contributed by atoms with Crippen LogP contribution in [0.25, 0.3) is 0 Å². The fourth-order valence-corrected chi connectivity index (χ4v) is 3.75. The molecule has 1 aliphatic heterocycles. The standard InChI is InChI=1S/C18H27NO4/c1-21-18-13-23-16(10-17(18)20)12-19-7-8-22-15(11-19)9-14-5-3-2-4-6-14/h10,13-15H,2-9,11-12H2,1H3/t15-/m0/s1. The van der Waals surface area contributed by atoms with Gasteiger partial charge in [-0.2, -0.15) is 0 Å². The number of ether oxygens (including phenoxy) is 2. The Kier molecular flexibility index (Phi) is 5.73. The number of hydrogen-bond acceptors (Lipinski definition) is 5. The molecule has 0 aromatic carbocycles. The fourth-order valence-electron chi connectivity index (χ4n) is 3.75. The van der Waals surface area contributed by atoms with Gasteiger partial charge in [-0.25, -0.2) is 0 Å². The first-order valence-corrected chi connectivity index (χ1v) is 8.74. The molecule has 0 spiro atoms. The third-order valence-electron chi connectivity index (χ3n) is 5.00. The largest absolute Gasteiger partial charge is 0.490 e. The van der Waals surface area contributed by atoms with Gasteiger partial charge in [-0.15, -0.1) is 0 Å². The smallest absolute Gasteiger partial charge is 0.227 e. The van der Waals surface area contributed by atoms with Crippen molar-refractivity contribution in [3.63, 3.8) is 0 Å². The van der Waals surface area contributed by atoms with Gasteiger partial charge < -0.3 is 13.9 Å². The van der Waals surface area contributed by atoms with Gasteiger partial charge in [-0.3, -0.25) is 9.69 Å². The van der Waals surface area contributed by atoms with Crippen LogP contribution in [0, 0.1) is 5.92 Å². The molecule has 5 nitrogen and oxygen atoms in total. The van der Waals surface area contributed by atoms with Crippen molar-refractivity contribution in [1.82, 2.24) is 4.90 Å². The molecule has 128 valence electrons. The van der Waals surface area contributed by atoms with Crippen LogP contribution in [0.3, 0.4) is 0 Å². The molecule has 2 aliphatic rings. The van der Waals surface area contributed by atoms with E-state index in [-0.39, 0.29) is 11.2 Å². The van der Waals surface area contributed by atoms with Crippen LogP contribution in [-0.4, -0.2) is 37.8 Å². The molecular weight excluding hydrogens is 294 g/mol. The lowest BCUT2D eigenvalue weighted by molar-refractivity contribution is -0.0456. The minimum Gasteiger partial charge on any atom is -0.490 e. The van der Waals surface area contributed by atoms with E-state index in [0.29, 0.717) is 18.4 Å². The van der Waals surface area contributed by atoms with Crippen molar-refractivity contribution in [2.24, 2.45) is 5.92 Å². The van der Waals surface area contributed by atoms with Crippen LogP contribution in [0.15, 0.2) is 21.5 Å². The van der Waals surface area contributed by atoms with E-state index in [1.165, 1.54) is 58.0 Å². The van der Waals surface area contributed by atoms with E-state index in [2.05, 4.69) is 4.90 Å². The lowest BCUT2D eigenvalue weighted by Gasteiger charge is -2.35. The van der Waals surface area contributed by atoms with Crippen molar-refractivity contribution < 1.29 is 13.9 Å². The molecule has 1 saturated carbocycles. The van der Waals surface area contributed by atoms with Crippen molar-refractivity contribution in [1.29, 1.82) is 0 Å². The predicted molar refractivity (Wildman–Crippen MR) is 87.7 cm³/mol. The summed E-state index contributed by atoms with van der Waals surface area (Å²) >= 11 is 0. The van der Waals surface area contributed by atoms with Gasteiger partial charge >= 0.3 is 0 Å². The summed E-state index contributed by atoms with van der Waals surface area (Å²) in [6.45, 7) is 3.23. The molecule has 0 bridgehead atoms. The van der Waals surface area contributed by atoms with E-state index in [0.717, 1.165) is 25.6 Å². The van der Waals surface area contributed by atoms with Gasteiger partial charge in [0.25, 0.3) is 0 Å². The topological polar surface area (TPSA) is 51.9 Å². The summed E-state index contributed by atoms with van der Waals surface area (Å²) < 4.78 is 16.4. The number of methoxy groups -OCH3 is 1. The van der Waals surface area contributed by atoms with Gasteiger partial charge in [0.15, 0.2) is 0 Å². The first kappa shape index (κ1) is 16.5. The van der Waals surface area contributed by atoms with Crippen molar-refractivity contribution >= 4 is 0 Å². The monoisotopic (exact) mass is 321 g/mol. The molecule has 1 aliphatic carbocycles. The molecule has 1 atom stereocenters. The zero-order chi connectivity index (χ0) is 16.1. The molecule has 1 aromatic heterocycles. The molecule has 2 heterocycles. The third-order valence-corrected chi connectivity index (χ3v) is 5.00. The van der Waals surface area contributed by atoms with E-state index in [9.17, 15) is 4.79 Å². The molecule has 0 unspecified atom stereocenters. The van der Waals surface area contributed by atoms with Crippen LogP contribution in [0.1, 0.15) is 44.3 Å². The molecule has 3 rings (SSSR count). The minimum absolute atomic E-state index is 0.124. The minimum atomic E-state index is -0.124. The van der Waals surface area contributed by atoms with Gasteiger partial charge in [0, 0.05) is 19.2 Å². The van der Waals surface area contributed by atoms with Gasteiger partial charge in [0.2, 0.25) is 11.2 Å². The maximum absolute atomic E-state index is 11.8. The first-order valence-electron chi connectivity index (χ1n) is 8.74. The van der Waals surface area contributed by atoms with Crippen LogP contribution in [-0.2, 0) is 11.3 Å². The molecule has 2 fully saturated rings. The summed E-state index contributed by atoms with van der Waals surface area (Å²) in [5, 5.41) is 0. The number of hydrogen-bond donors (Lipinski definition) is 0. The average molecular weight is 321 g/mol. The van der Waals surface area contributed by atoms with Gasteiger partial charge in [0.05, 0.1) is 26.4 Å². The number of rotatable bonds is 5. The van der Waals surface area contributed by atoms with Crippen LogP contribution in [0.4, 0.5) is 0 Å². The van der Waals surface area contributed by atoms with E-state index >= 15 is 0 Å². The van der Waals surface area contributed by atoms with E-state index in [1.54, 1.807) is 0 Å². The highest BCUT2D eigenvalue weighted by molar-refractivity contribution is 5.17. The maximum Gasteiger partial charge on any atom is 0.227 e. The maximum atomic E-state index is 11.8. The summed E-state index contributed by atoms with van der Waals surface area (Å²) in [6.07, 6.45) is 9.74. The molecule has 23 heavy (non-hydrogen) atoms. The molecule has 0 N–H and O–H groups in total. The van der Waals surface area contributed by atoms with Crippen molar-refractivity contribution in [2.75, 3.05) is 26.8 Å². The fraction of sp³-hybridized carbons (Fsp3) is 0.722. The highest BCUT2D eigenvalue weighted by Gasteiger charge is 2.25. The summed E-state index contributed by atoms with van der Waals surface area (Å²) in [7, 11) is 1.48.